The zero-order chi connectivity index (χ0) is 9.52. The van der Waals surface area contributed by atoms with Crippen molar-refractivity contribution in [2.45, 2.75) is 39.2 Å². The van der Waals surface area contributed by atoms with Crippen LogP contribution in [0.15, 0.2) is 6.20 Å². The molecule has 13 heavy (non-hydrogen) atoms. The molecule has 1 unspecified atom stereocenters. The maximum atomic E-state index is 3.89. The van der Waals surface area contributed by atoms with Crippen LogP contribution in [-0.4, -0.2) is 16.1 Å². The minimum atomic E-state index is 0.463. The Bertz CT molecular complexity index is 211. The van der Waals surface area contributed by atoms with Gasteiger partial charge in [-0.3, -0.25) is 0 Å². The van der Waals surface area contributed by atoms with Gasteiger partial charge in [0, 0.05) is 6.04 Å². The van der Waals surface area contributed by atoms with E-state index in [1.54, 1.807) is 0 Å². The molecule has 0 fully saturated rings. The molecule has 0 amide bonds. The van der Waals surface area contributed by atoms with Crippen LogP contribution in [0.3, 0.4) is 0 Å². The molecule has 0 radical (unpaired) electrons. The Morgan fingerprint density at radius 3 is 2.92 bits per heavy atom. The van der Waals surface area contributed by atoms with Crippen LogP contribution < -0.4 is 5.32 Å². The van der Waals surface area contributed by atoms with E-state index in [0.717, 1.165) is 6.54 Å². The second kappa shape index (κ2) is 6.05. The van der Waals surface area contributed by atoms with E-state index in [2.05, 4.69) is 28.8 Å². The smallest absolute Gasteiger partial charge is 0.0669 e. The topological polar surface area (TPSA) is 37.8 Å². The van der Waals surface area contributed by atoms with Crippen LogP contribution in [-0.2, 0) is 0 Å². The highest BCUT2D eigenvalue weighted by Crippen LogP contribution is 2.20. The lowest BCUT2D eigenvalue weighted by molar-refractivity contribution is 0.501. The molecule has 0 bridgehead atoms. The van der Waals surface area contributed by atoms with Crippen LogP contribution in [0.1, 0.15) is 44.0 Å². The predicted molar refractivity (Wildman–Crippen MR) is 55.9 cm³/mol. The molecule has 1 atom stereocenters. The minimum absolute atomic E-state index is 0.463. The van der Waals surface area contributed by atoms with Crippen LogP contribution in [0, 0.1) is 0 Å². The molecular weight excluding hydrogens is 182 g/mol. The van der Waals surface area contributed by atoms with E-state index in [9.17, 15) is 0 Å². The van der Waals surface area contributed by atoms with E-state index in [1.165, 1.54) is 35.7 Å². The molecular formula is C9H17N3S. The Labute approximate surface area is 83.7 Å². The average Bonchev–Trinajstić information content (AvgIpc) is 2.65. The first kappa shape index (κ1) is 10.6. The van der Waals surface area contributed by atoms with Crippen molar-refractivity contribution >= 4 is 11.5 Å². The fourth-order valence-corrected chi connectivity index (χ4v) is 1.94. The predicted octanol–water partition coefficient (Wildman–Crippen LogP) is 2.38. The summed E-state index contributed by atoms with van der Waals surface area (Å²) in [5, 5.41) is 7.31. The van der Waals surface area contributed by atoms with E-state index < -0.39 is 0 Å². The van der Waals surface area contributed by atoms with Crippen molar-refractivity contribution in [2.75, 3.05) is 6.54 Å². The molecule has 0 saturated heterocycles. The molecule has 0 aliphatic carbocycles. The lowest BCUT2D eigenvalue weighted by Gasteiger charge is -2.14. The molecule has 1 N–H and O–H groups in total. The Hall–Kier alpha value is -0.480. The molecule has 3 nitrogen and oxygen atoms in total. The van der Waals surface area contributed by atoms with Crippen LogP contribution in [0.4, 0.5) is 0 Å². The second-order valence-electron chi connectivity index (χ2n) is 3.07. The summed E-state index contributed by atoms with van der Waals surface area (Å²) in [4.78, 5) is 1.26. The Morgan fingerprint density at radius 1 is 1.54 bits per heavy atom. The third kappa shape index (κ3) is 3.40. The lowest BCUT2D eigenvalue weighted by Crippen LogP contribution is -2.19. The van der Waals surface area contributed by atoms with Gasteiger partial charge >= 0.3 is 0 Å². The quantitative estimate of drug-likeness (QED) is 0.764. The highest BCUT2D eigenvalue weighted by molar-refractivity contribution is 7.05. The summed E-state index contributed by atoms with van der Waals surface area (Å²) in [6.07, 6.45) is 5.56. The highest BCUT2D eigenvalue weighted by atomic mass is 32.1. The van der Waals surface area contributed by atoms with Crippen LogP contribution in [0.2, 0.25) is 0 Å². The van der Waals surface area contributed by atoms with Crippen molar-refractivity contribution < 1.29 is 0 Å². The van der Waals surface area contributed by atoms with Gasteiger partial charge in [0.25, 0.3) is 0 Å². The zero-order valence-corrected chi connectivity index (χ0v) is 9.10. The first-order valence-corrected chi connectivity index (χ1v) is 5.66. The molecule has 1 aromatic heterocycles. The summed E-state index contributed by atoms with van der Waals surface area (Å²) in [5.74, 6) is 0. The fraction of sp³-hybridized carbons (Fsp3) is 0.778. The monoisotopic (exact) mass is 199 g/mol. The second-order valence-corrected chi connectivity index (χ2v) is 3.89. The van der Waals surface area contributed by atoms with E-state index in [-0.39, 0.29) is 0 Å². The largest absolute Gasteiger partial charge is 0.309 e. The van der Waals surface area contributed by atoms with Crippen LogP contribution in [0.25, 0.3) is 0 Å². The van der Waals surface area contributed by atoms with Crippen molar-refractivity contribution in [3.63, 3.8) is 0 Å². The molecule has 4 heteroatoms. The minimum Gasteiger partial charge on any atom is -0.309 e. The van der Waals surface area contributed by atoms with Crippen LogP contribution >= 0.6 is 11.5 Å². The highest BCUT2D eigenvalue weighted by Gasteiger charge is 2.11. The number of hydrogen-bond acceptors (Lipinski definition) is 4. The number of nitrogens with zero attached hydrogens (tertiary/aromatic N) is 2. The molecule has 0 spiro atoms. The van der Waals surface area contributed by atoms with Crippen molar-refractivity contribution in [2.24, 2.45) is 0 Å². The number of aromatic nitrogens is 2. The number of unbranched alkanes of at least 4 members (excludes halogenated alkanes) is 1. The molecule has 0 aliphatic heterocycles. The maximum Gasteiger partial charge on any atom is 0.0669 e. The number of rotatable bonds is 6. The van der Waals surface area contributed by atoms with Crippen molar-refractivity contribution in [1.29, 1.82) is 0 Å². The summed E-state index contributed by atoms with van der Waals surface area (Å²) >= 11 is 1.50. The fourth-order valence-electron chi connectivity index (χ4n) is 1.33. The van der Waals surface area contributed by atoms with Gasteiger partial charge in [0.2, 0.25) is 0 Å². The first-order valence-electron chi connectivity index (χ1n) is 4.89. The summed E-state index contributed by atoms with van der Waals surface area (Å²) < 4.78 is 3.89. The van der Waals surface area contributed by atoms with Gasteiger partial charge in [-0.15, -0.1) is 5.10 Å². The Morgan fingerprint density at radius 2 is 2.38 bits per heavy atom. The van der Waals surface area contributed by atoms with E-state index in [0.29, 0.717) is 6.04 Å². The SMILES string of the molecule is CCCCC(NCC)c1cnns1. The Kier molecular flexibility index (Phi) is 4.93. The third-order valence-electron chi connectivity index (χ3n) is 2.02. The molecule has 0 aliphatic rings. The summed E-state index contributed by atoms with van der Waals surface area (Å²) in [5.41, 5.74) is 0. The van der Waals surface area contributed by atoms with Gasteiger partial charge in [-0.2, -0.15) is 0 Å². The van der Waals surface area contributed by atoms with Gasteiger partial charge in [0.15, 0.2) is 0 Å². The van der Waals surface area contributed by atoms with Gasteiger partial charge in [-0.1, -0.05) is 31.2 Å². The molecule has 1 heterocycles. The molecule has 0 saturated carbocycles. The molecule has 1 aromatic rings. The zero-order valence-electron chi connectivity index (χ0n) is 8.29. The van der Waals surface area contributed by atoms with Crippen molar-refractivity contribution in [3.05, 3.63) is 11.1 Å². The maximum absolute atomic E-state index is 3.89. The normalized spacial score (nSPS) is 13.1. The summed E-state index contributed by atoms with van der Waals surface area (Å²) in [6.45, 7) is 5.35. The van der Waals surface area contributed by atoms with Crippen LogP contribution in [0.5, 0.6) is 0 Å². The van der Waals surface area contributed by atoms with E-state index in [4.69, 9.17) is 0 Å². The summed E-state index contributed by atoms with van der Waals surface area (Å²) in [6, 6.07) is 0.463. The Balaban J connectivity index is 2.47. The van der Waals surface area contributed by atoms with E-state index >= 15 is 0 Å². The first-order chi connectivity index (χ1) is 6.38. The third-order valence-corrected chi connectivity index (χ3v) is 2.80. The summed E-state index contributed by atoms with van der Waals surface area (Å²) in [7, 11) is 0. The van der Waals surface area contributed by atoms with Crippen molar-refractivity contribution in [3.8, 4) is 0 Å². The molecule has 0 aromatic carbocycles. The molecule has 1 rings (SSSR count). The number of hydrogen-bond donors (Lipinski definition) is 1. The lowest BCUT2D eigenvalue weighted by atomic mass is 10.1. The van der Waals surface area contributed by atoms with Gasteiger partial charge in [0.1, 0.15) is 0 Å². The van der Waals surface area contributed by atoms with Gasteiger partial charge in [-0.05, 0) is 24.5 Å². The van der Waals surface area contributed by atoms with Gasteiger partial charge in [0.05, 0.1) is 11.1 Å². The number of nitrogens with one attached hydrogen (secondary N) is 1. The standard InChI is InChI=1S/C9H17N3S/c1-3-5-6-8(10-4-2)9-7-11-12-13-9/h7-8,10H,3-6H2,1-2H3. The average molecular weight is 199 g/mol. The van der Waals surface area contributed by atoms with E-state index in [1.807, 2.05) is 6.20 Å². The molecule has 74 valence electrons. The van der Waals surface area contributed by atoms with Gasteiger partial charge < -0.3 is 5.32 Å². The van der Waals surface area contributed by atoms with Gasteiger partial charge in [-0.25, -0.2) is 0 Å². The van der Waals surface area contributed by atoms with Crippen molar-refractivity contribution in [1.82, 2.24) is 14.9 Å².